The Kier molecular flexibility index (Phi) is 4.40. The lowest BCUT2D eigenvalue weighted by molar-refractivity contribution is 0.472. The van der Waals surface area contributed by atoms with Crippen molar-refractivity contribution in [2.24, 2.45) is 0 Å². The van der Waals surface area contributed by atoms with Crippen LogP contribution in [-0.2, 0) is 5.33 Å². The summed E-state index contributed by atoms with van der Waals surface area (Å²) in [7, 11) is 0. The van der Waals surface area contributed by atoms with Crippen molar-refractivity contribution < 1.29 is 9.13 Å². The third-order valence-electron chi connectivity index (χ3n) is 2.54. The zero-order chi connectivity index (χ0) is 13.1. The van der Waals surface area contributed by atoms with E-state index < -0.39 is 0 Å². The largest absolute Gasteiger partial charge is 0.457 e. The Bertz CT molecular complexity index is 570. The van der Waals surface area contributed by atoms with Crippen molar-refractivity contribution in [2.45, 2.75) is 12.3 Å². The predicted octanol–water partition coefficient (Wildman–Crippen LogP) is 5.58. The third-order valence-corrected chi connectivity index (χ3v) is 3.63. The first-order valence-corrected chi connectivity index (χ1v) is 7.30. The number of benzene rings is 2. The molecule has 0 radical (unpaired) electrons. The van der Waals surface area contributed by atoms with Gasteiger partial charge in [0.25, 0.3) is 0 Å². The molecule has 4 heteroatoms. The van der Waals surface area contributed by atoms with E-state index in [-0.39, 0.29) is 5.82 Å². The standard InChI is InChI=1S/C14H11Br2FO/c1-9-2-4-12(7-13(9)17)18-14-5-3-11(16)6-10(14)8-15/h2-7H,8H2,1H3. The van der Waals surface area contributed by atoms with E-state index in [4.69, 9.17) is 4.74 Å². The summed E-state index contributed by atoms with van der Waals surface area (Å²) in [4.78, 5) is 0. The van der Waals surface area contributed by atoms with Gasteiger partial charge in [0, 0.05) is 21.4 Å². The topological polar surface area (TPSA) is 9.23 Å². The summed E-state index contributed by atoms with van der Waals surface area (Å²) in [5, 5.41) is 0.677. The van der Waals surface area contributed by atoms with Crippen LogP contribution in [0.4, 0.5) is 4.39 Å². The molecule has 0 aliphatic carbocycles. The number of alkyl halides is 1. The van der Waals surface area contributed by atoms with Crippen molar-refractivity contribution in [3.8, 4) is 11.5 Å². The minimum Gasteiger partial charge on any atom is -0.457 e. The van der Waals surface area contributed by atoms with Gasteiger partial charge in [-0.1, -0.05) is 37.9 Å². The SMILES string of the molecule is Cc1ccc(Oc2ccc(Br)cc2CBr)cc1F. The summed E-state index contributed by atoms with van der Waals surface area (Å²) in [6, 6.07) is 10.6. The van der Waals surface area contributed by atoms with Gasteiger partial charge in [0.2, 0.25) is 0 Å². The van der Waals surface area contributed by atoms with Crippen LogP contribution in [-0.4, -0.2) is 0 Å². The predicted molar refractivity (Wildman–Crippen MR) is 78.0 cm³/mol. The van der Waals surface area contributed by atoms with Crippen molar-refractivity contribution in [1.82, 2.24) is 0 Å². The van der Waals surface area contributed by atoms with Gasteiger partial charge < -0.3 is 4.74 Å². The van der Waals surface area contributed by atoms with Gasteiger partial charge in [0.1, 0.15) is 17.3 Å². The Morgan fingerprint density at radius 1 is 1.17 bits per heavy atom. The lowest BCUT2D eigenvalue weighted by atomic mass is 10.2. The second-order valence-electron chi connectivity index (χ2n) is 3.90. The highest BCUT2D eigenvalue weighted by Crippen LogP contribution is 2.30. The first-order valence-electron chi connectivity index (χ1n) is 5.38. The normalized spacial score (nSPS) is 10.4. The maximum atomic E-state index is 13.4. The molecule has 0 saturated carbocycles. The van der Waals surface area contributed by atoms with Crippen LogP contribution < -0.4 is 4.74 Å². The first kappa shape index (κ1) is 13.6. The summed E-state index contributed by atoms with van der Waals surface area (Å²) < 4.78 is 20.1. The first-order chi connectivity index (χ1) is 8.60. The Labute approximate surface area is 122 Å². The molecule has 0 N–H and O–H groups in total. The Morgan fingerprint density at radius 2 is 1.94 bits per heavy atom. The highest BCUT2D eigenvalue weighted by atomic mass is 79.9. The van der Waals surface area contributed by atoms with Crippen molar-refractivity contribution in [2.75, 3.05) is 0 Å². The highest BCUT2D eigenvalue weighted by molar-refractivity contribution is 9.10. The lowest BCUT2D eigenvalue weighted by Gasteiger charge is -2.10. The van der Waals surface area contributed by atoms with Crippen LogP contribution >= 0.6 is 31.9 Å². The van der Waals surface area contributed by atoms with Gasteiger partial charge in [-0.05, 0) is 36.8 Å². The molecule has 0 bridgehead atoms. The lowest BCUT2D eigenvalue weighted by Crippen LogP contribution is -1.91. The molecular weight excluding hydrogens is 363 g/mol. The summed E-state index contributed by atoms with van der Waals surface area (Å²) in [5.41, 5.74) is 1.62. The molecule has 0 spiro atoms. The molecular formula is C14H11Br2FO. The van der Waals surface area contributed by atoms with E-state index in [0.717, 1.165) is 15.8 Å². The van der Waals surface area contributed by atoms with Crippen molar-refractivity contribution in [1.29, 1.82) is 0 Å². The van der Waals surface area contributed by atoms with Crippen LogP contribution in [0.2, 0.25) is 0 Å². The molecule has 0 aliphatic heterocycles. The molecule has 0 aliphatic rings. The van der Waals surface area contributed by atoms with E-state index in [1.807, 2.05) is 18.2 Å². The molecule has 2 aromatic rings. The fourth-order valence-corrected chi connectivity index (χ4v) is 2.36. The quantitative estimate of drug-likeness (QED) is 0.637. The molecule has 2 aromatic carbocycles. The van der Waals surface area contributed by atoms with E-state index in [9.17, 15) is 4.39 Å². The molecule has 0 unspecified atom stereocenters. The molecule has 94 valence electrons. The number of aryl methyl sites for hydroxylation is 1. The number of hydrogen-bond acceptors (Lipinski definition) is 1. The van der Waals surface area contributed by atoms with Crippen LogP contribution in [0.3, 0.4) is 0 Å². The van der Waals surface area contributed by atoms with Gasteiger partial charge in [-0.25, -0.2) is 4.39 Å². The van der Waals surface area contributed by atoms with Crippen molar-refractivity contribution in [3.05, 3.63) is 57.8 Å². The Hall–Kier alpha value is -0.870. The zero-order valence-electron chi connectivity index (χ0n) is 9.71. The fourth-order valence-electron chi connectivity index (χ4n) is 1.52. The summed E-state index contributed by atoms with van der Waals surface area (Å²) >= 11 is 6.81. The zero-order valence-corrected chi connectivity index (χ0v) is 12.9. The van der Waals surface area contributed by atoms with E-state index in [1.165, 1.54) is 6.07 Å². The molecule has 0 atom stereocenters. The van der Waals surface area contributed by atoms with Gasteiger partial charge in [0.15, 0.2) is 0 Å². The van der Waals surface area contributed by atoms with Gasteiger partial charge in [-0.2, -0.15) is 0 Å². The van der Waals surface area contributed by atoms with Crippen LogP contribution in [0.15, 0.2) is 40.9 Å². The number of halogens is 3. The second kappa shape index (κ2) is 5.85. The number of hydrogen-bond donors (Lipinski definition) is 0. The monoisotopic (exact) mass is 372 g/mol. The molecule has 18 heavy (non-hydrogen) atoms. The number of ether oxygens (including phenoxy) is 1. The molecule has 1 nitrogen and oxygen atoms in total. The van der Waals surface area contributed by atoms with E-state index >= 15 is 0 Å². The number of rotatable bonds is 3. The smallest absolute Gasteiger partial charge is 0.131 e. The van der Waals surface area contributed by atoms with E-state index in [2.05, 4.69) is 31.9 Å². The highest BCUT2D eigenvalue weighted by Gasteiger charge is 2.06. The summed E-state index contributed by atoms with van der Waals surface area (Å²) in [6.45, 7) is 1.72. The Morgan fingerprint density at radius 3 is 2.61 bits per heavy atom. The van der Waals surface area contributed by atoms with Crippen LogP contribution in [0, 0.1) is 12.7 Å². The van der Waals surface area contributed by atoms with Gasteiger partial charge in [-0.3, -0.25) is 0 Å². The summed E-state index contributed by atoms with van der Waals surface area (Å²) in [5.74, 6) is 0.964. The second-order valence-corrected chi connectivity index (χ2v) is 5.38. The third kappa shape index (κ3) is 3.12. The maximum absolute atomic E-state index is 13.4. The molecule has 0 heterocycles. The fraction of sp³-hybridized carbons (Fsp3) is 0.143. The minimum absolute atomic E-state index is 0.259. The molecule has 0 fully saturated rings. The van der Waals surface area contributed by atoms with E-state index in [1.54, 1.807) is 19.1 Å². The molecule has 2 rings (SSSR count). The van der Waals surface area contributed by atoms with Crippen molar-refractivity contribution >= 4 is 31.9 Å². The van der Waals surface area contributed by atoms with E-state index in [0.29, 0.717) is 16.6 Å². The maximum Gasteiger partial charge on any atom is 0.131 e. The average molecular weight is 374 g/mol. The Balaban J connectivity index is 2.30. The van der Waals surface area contributed by atoms with Gasteiger partial charge >= 0.3 is 0 Å². The average Bonchev–Trinajstić information content (AvgIpc) is 2.36. The van der Waals surface area contributed by atoms with Gasteiger partial charge in [-0.15, -0.1) is 0 Å². The van der Waals surface area contributed by atoms with Crippen LogP contribution in [0.1, 0.15) is 11.1 Å². The van der Waals surface area contributed by atoms with Crippen LogP contribution in [0.25, 0.3) is 0 Å². The minimum atomic E-state index is -0.259. The van der Waals surface area contributed by atoms with Crippen molar-refractivity contribution in [3.63, 3.8) is 0 Å². The summed E-state index contributed by atoms with van der Waals surface area (Å²) in [6.07, 6.45) is 0. The van der Waals surface area contributed by atoms with Gasteiger partial charge in [0.05, 0.1) is 0 Å². The van der Waals surface area contributed by atoms with Crippen LogP contribution in [0.5, 0.6) is 11.5 Å². The molecule has 0 amide bonds. The molecule has 0 saturated heterocycles. The molecule has 0 aromatic heterocycles.